The third-order valence-electron chi connectivity index (χ3n) is 5.58. The van der Waals surface area contributed by atoms with E-state index in [1.807, 2.05) is 30.3 Å². The maximum absolute atomic E-state index is 12.4. The summed E-state index contributed by atoms with van der Waals surface area (Å²) in [5, 5.41) is 31.6. The van der Waals surface area contributed by atoms with Gasteiger partial charge in [0.2, 0.25) is 0 Å². The number of nitrogens with one attached hydrogen (secondary N) is 1. The molecule has 30 heavy (non-hydrogen) atoms. The van der Waals surface area contributed by atoms with Crippen molar-refractivity contribution in [3.05, 3.63) is 81.1 Å². The fourth-order valence-electron chi connectivity index (χ4n) is 3.85. The molecule has 1 aliphatic rings. The number of rotatable bonds is 8. The third-order valence-corrected chi connectivity index (χ3v) is 5.58. The summed E-state index contributed by atoms with van der Waals surface area (Å²) in [6, 6.07) is 9.17. The van der Waals surface area contributed by atoms with Crippen LogP contribution in [0.1, 0.15) is 23.8 Å². The minimum Gasteiger partial charge on any atom is -0.393 e. The molecule has 3 atom stereocenters. The molecule has 2 heterocycles. The lowest BCUT2D eigenvalue weighted by Crippen LogP contribution is -2.61. The van der Waals surface area contributed by atoms with Crippen LogP contribution in [-0.2, 0) is 16.1 Å². The van der Waals surface area contributed by atoms with E-state index in [2.05, 4.69) is 11.6 Å². The molecule has 9 heteroatoms. The van der Waals surface area contributed by atoms with Gasteiger partial charge in [0, 0.05) is 11.8 Å². The van der Waals surface area contributed by atoms with Gasteiger partial charge in [0.15, 0.2) is 6.23 Å². The summed E-state index contributed by atoms with van der Waals surface area (Å²) in [7, 11) is 0. The third kappa shape index (κ3) is 3.55. The second-order valence-corrected chi connectivity index (χ2v) is 7.40. The Bertz CT molecular complexity index is 996. The number of aliphatic hydroxyl groups is 3. The largest absolute Gasteiger partial charge is 0.393 e. The highest BCUT2D eigenvalue weighted by Crippen LogP contribution is 2.49. The van der Waals surface area contributed by atoms with E-state index in [9.17, 15) is 24.9 Å². The fraction of sp³-hybridized carbons (Fsp3) is 0.429. The van der Waals surface area contributed by atoms with Crippen LogP contribution in [0.25, 0.3) is 0 Å². The van der Waals surface area contributed by atoms with Gasteiger partial charge in [-0.2, -0.15) is 0 Å². The topological polar surface area (TPSA) is 134 Å². The van der Waals surface area contributed by atoms with E-state index in [-0.39, 0.29) is 18.6 Å². The maximum atomic E-state index is 12.4. The molecule has 0 radical (unpaired) electrons. The fourth-order valence-corrected chi connectivity index (χ4v) is 3.85. The Hall–Kier alpha value is -2.56. The van der Waals surface area contributed by atoms with Crippen LogP contribution >= 0.6 is 0 Å². The van der Waals surface area contributed by atoms with Crippen LogP contribution in [0.5, 0.6) is 0 Å². The second kappa shape index (κ2) is 8.66. The summed E-state index contributed by atoms with van der Waals surface area (Å²) >= 11 is 0. The van der Waals surface area contributed by atoms with E-state index in [0.717, 1.165) is 10.1 Å². The molecule has 0 bridgehead atoms. The SMILES string of the molecule is C=CC[C@]1(OCc2ccccc2)[C@@H](O)[C@H](n2cc(C)c(=O)[nH]c2=O)OC1(CO)CO. The van der Waals surface area contributed by atoms with Crippen molar-refractivity contribution in [1.82, 2.24) is 9.55 Å². The minimum atomic E-state index is -1.73. The van der Waals surface area contributed by atoms with Crippen molar-refractivity contribution in [2.45, 2.75) is 43.5 Å². The molecule has 0 unspecified atom stereocenters. The summed E-state index contributed by atoms with van der Waals surface area (Å²) in [6.07, 6.45) is -0.0172. The Morgan fingerprint density at radius 2 is 1.93 bits per heavy atom. The molecular formula is C21H26N2O7. The Balaban J connectivity index is 2.08. The predicted octanol–water partition coefficient (Wildman–Crippen LogP) is -0.0102. The molecule has 1 saturated heterocycles. The lowest BCUT2D eigenvalue weighted by atomic mass is 9.78. The lowest BCUT2D eigenvalue weighted by Gasteiger charge is -2.42. The quantitative estimate of drug-likeness (QED) is 0.443. The number of benzene rings is 1. The molecule has 1 fully saturated rings. The Kier molecular flexibility index (Phi) is 6.39. The predicted molar refractivity (Wildman–Crippen MR) is 108 cm³/mol. The molecule has 0 saturated carbocycles. The zero-order valence-electron chi connectivity index (χ0n) is 16.7. The van der Waals surface area contributed by atoms with Gasteiger partial charge in [-0.25, -0.2) is 4.79 Å². The van der Waals surface area contributed by atoms with E-state index in [1.54, 1.807) is 0 Å². The number of aliphatic hydroxyl groups excluding tert-OH is 3. The zero-order chi connectivity index (χ0) is 21.9. The van der Waals surface area contributed by atoms with Gasteiger partial charge in [-0.3, -0.25) is 14.3 Å². The molecule has 1 aromatic heterocycles. The lowest BCUT2D eigenvalue weighted by molar-refractivity contribution is -0.212. The number of nitrogens with zero attached hydrogens (tertiary/aromatic N) is 1. The van der Waals surface area contributed by atoms with Crippen LogP contribution < -0.4 is 11.2 Å². The number of hydrogen-bond acceptors (Lipinski definition) is 7. The molecule has 9 nitrogen and oxygen atoms in total. The van der Waals surface area contributed by atoms with Gasteiger partial charge in [0.1, 0.15) is 17.3 Å². The standard InChI is InChI=1S/C21H26N2O7/c1-3-9-21(29-11-15-7-5-4-6-8-15)16(26)18(30-20(21,12-24)13-25)23-10-14(2)17(27)22-19(23)28/h3-8,10,16,18,24-26H,1,9,11-13H2,2H3,(H,22,27,28)/t16-,18+,21-/m0/s1. The summed E-state index contributed by atoms with van der Waals surface area (Å²) in [5.41, 5.74) is -3.66. The van der Waals surface area contributed by atoms with Gasteiger partial charge in [0.05, 0.1) is 19.8 Å². The molecule has 2 aromatic rings. The van der Waals surface area contributed by atoms with Gasteiger partial charge in [-0.05, 0) is 18.9 Å². The first-order valence-corrected chi connectivity index (χ1v) is 9.52. The summed E-state index contributed by atoms with van der Waals surface area (Å²) in [5.74, 6) is 0. The molecule has 1 aliphatic heterocycles. The van der Waals surface area contributed by atoms with E-state index < -0.39 is 48.0 Å². The van der Waals surface area contributed by atoms with Crippen LogP contribution in [0, 0.1) is 6.92 Å². The summed E-state index contributed by atoms with van der Waals surface area (Å²) in [4.78, 5) is 26.3. The summed E-state index contributed by atoms with van der Waals surface area (Å²) in [6.45, 7) is 3.90. The zero-order valence-corrected chi connectivity index (χ0v) is 16.7. The molecule has 1 aromatic carbocycles. The average molecular weight is 418 g/mol. The average Bonchev–Trinajstić information content (AvgIpc) is 2.99. The number of ether oxygens (including phenoxy) is 2. The van der Waals surface area contributed by atoms with Gasteiger partial charge in [-0.1, -0.05) is 36.4 Å². The van der Waals surface area contributed by atoms with E-state index in [1.165, 1.54) is 19.2 Å². The molecule has 0 spiro atoms. The van der Waals surface area contributed by atoms with E-state index in [0.29, 0.717) is 0 Å². The van der Waals surface area contributed by atoms with Crippen molar-refractivity contribution in [3.63, 3.8) is 0 Å². The van der Waals surface area contributed by atoms with Crippen LogP contribution in [0.3, 0.4) is 0 Å². The highest BCUT2D eigenvalue weighted by atomic mass is 16.6. The molecule has 0 aliphatic carbocycles. The van der Waals surface area contributed by atoms with Crippen molar-refractivity contribution in [2.75, 3.05) is 13.2 Å². The maximum Gasteiger partial charge on any atom is 0.330 e. The molecular weight excluding hydrogens is 392 g/mol. The summed E-state index contributed by atoms with van der Waals surface area (Å²) < 4.78 is 13.0. The van der Waals surface area contributed by atoms with Crippen LogP contribution in [-0.4, -0.2) is 55.4 Å². The monoisotopic (exact) mass is 418 g/mol. The van der Waals surface area contributed by atoms with E-state index >= 15 is 0 Å². The van der Waals surface area contributed by atoms with Crippen LogP contribution in [0.15, 0.2) is 58.8 Å². The van der Waals surface area contributed by atoms with Gasteiger partial charge in [0.25, 0.3) is 5.56 Å². The number of aromatic amines is 1. The van der Waals surface area contributed by atoms with Crippen molar-refractivity contribution in [3.8, 4) is 0 Å². The Morgan fingerprint density at radius 3 is 2.53 bits per heavy atom. The highest BCUT2D eigenvalue weighted by Gasteiger charge is 2.66. The molecule has 4 N–H and O–H groups in total. The molecule has 3 rings (SSSR count). The first-order valence-electron chi connectivity index (χ1n) is 9.52. The normalized spacial score (nSPS) is 25.3. The van der Waals surface area contributed by atoms with Gasteiger partial charge in [-0.15, -0.1) is 6.58 Å². The van der Waals surface area contributed by atoms with Gasteiger partial charge >= 0.3 is 5.69 Å². The van der Waals surface area contributed by atoms with Crippen molar-refractivity contribution < 1.29 is 24.8 Å². The minimum absolute atomic E-state index is 0.0235. The van der Waals surface area contributed by atoms with Crippen molar-refractivity contribution in [1.29, 1.82) is 0 Å². The highest BCUT2D eigenvalue weighted by molar-refractivity contribution is 5.18. The number of H-pyrrole nitrogens is 1. The van der Waals surface area contributed by atoms with Crippen LogP contribution in [0.2, 0.25) is 0 Å². The number of hydrogen-bond donors (Lipinski definition) is 4. The van der Waals surface area contributed by atoms with Crippen LogP contribution in [0.4, 0.5) is 0 Å². The Labute approximate surface area is 172 Å². The van der Waals surface area contributed by atoms with Crippen molar-refractivity contribution in [2.24, 2.45) is 0 Å². The Morgan fingerprint density at radius 1 is 1.27 bits per heavy atom. The number of aromatic nitrogens is 2. The molecule has 162 valence electrons. The van der Waals surface area contributed by atoms with Gasteiger partial charge < -0.3 is 24.8 Å². The second-order valence-electron chi connectivity index (χ2n) is 7.40. The molecule has 0 amide bonds. The van der Waals surface area contributed by atoms with Crippen molar-refractivity contribution >= 4 is 0 Å². The first-order chi connectivity index (χ1) is 14.3. The van der Waals surface area contributed by atoms with E-state index in [4.69, 9.17) is 9.47 Å². The first kappa shape index (κ1) is 22.1. The smallest absolute Gasteiger partial charge is 0.330 e. The number of aryl methyl sites for hydroxylation is 1.